The third-order valence-electron chi connectivity index (χ3n) is 1.38. The summed E-state index contributed by atoms with van der Waals surface area (Å²) in [7, 11) is 0. The molecule has 0 aromatic carbocycles. The Hall–Kier alpha value is -0.490. The highest BCUT2D eigenvalue weighted by Crippen LogP contribution is 2.11. The molecule has 1 heterocycles. The molecule has 1 unspecified atom stereocenters. The van der Waals surface area contributed by atoms with Crippen LogP contribution in [-0.2, 0) is 0 Å². The van der Waals surface area contributed by atoms with Gasteiger partial charge in [-0.15, -0.1) is 24.8 Å². The van der Waals surface area contributed by atoms with Gasteiger partial charge in [0, 0.05) is 6.07 Å². The highest BCUT2D eigenvalue weighted by molar-refractivity contribution is 5.85. The van der Waals surface area contributed by atoms with Crippen molar-refractivity contribution in [3.05, 3.63) is 29.6 Å². The molecule has 3 N–H and O–H groups in total. The Morgan fingerprint density at radius 2 is 2.00 bits per heavy atom. The van der Waals surface area contributed by atoms with Crippen LogP contribution in [0.25, 0.3) is 0 Å². The van der Waals surface area contributed by atoms with Gasteiger partial charge in [0.05, 0.1) is 24.5 Å². The molecule has 0 saturated carbocycles. The SMILES string of the molecule is Cl.Cl.NC(CO)c1ncc(F)cc1F. The maximum absolute atomic E-state index is 12.8. The van der Waals surface area contributed by atoms with Crippen LogP contribution in [0, 0.1) is 11.6 Å². The third kappa shape index (κ3) is 3.71. The van der Waals surface area contributed by atoms with Gasteiger partial charge in [0.15, 0.2) is 0 Å². The average molecular weight is 247 g/mol. The number of rotatable bonds is 2. The number of aromatic nitrogens is 1. The Morgan fingerprint density at radius 1 is 1.43 bits per heavy atom. The van der Waals surface area contributed by atoms with E-state index in [2.05, 4.69) is 4.98 Å². The largest absolute Gasteiger partial charge is 0.394 e. The molecule has 0 radical (unpaired) electrons. The van der Waals surface area contributed by atoms with Gasteiger partial charge in [0.25, 0.3) is 0 Å². The Balaban J connectivity index is 0. The zero-order valence-electron chi connectivity index (χ0n) is 6.98. The lowest BCUT2D eigenvalue weighted by molar-refractivity contribution is 0.262. The number of hydrogen-bond donors (Lipinski definition) is 2. The van der Waals surface area contributed by atoms with Crippen molar-refractivity contribution in [1.29, 1.82) is 0 Å². The number of hydrogen-bond acceptors (Lipinski definition) is 3. The van der Waals surface area contributed by atoms with Gasteiger partial charge < -0.3 is 10.8 Å². The molecule has 1 atom stereocenters. The summed E-state index contributed by atoms with van der Waals surface area (Å²) >= 11 is 0. The predicted molar refractivity (Wildman–Crippen MR) is 52.7 cm³/mol. The molecular formula is C7H10Cl2F2N2O. The minimum Gasteiger partial charge on any atom is -0.394 e. The van der Waals surface area contributed by atoms with Crippen molar-refractivity contribution in [3.63, 3.8) is 0 Å². The van der Waals surface area contributed by atoms with Gasteiger partial charge in [-0.3, -0.25) is 4.98 Å². The molecule has 0 spiro atoms. The maximum Gasteiger partial charge on any atom is 0.149 e. The van der Waals surface area contributed by atoms with Gasteiger partial charge in [-0.1, -0.05) is 0 Å². The molecule has 3 nitrogen and oxygen atoms in total. The monoisotopic (exact) mass is 246 g/mol. The molecule has 0 aliphatic heterocycles. The van der Waals surface area contributed by atoms with E-state index in [-0.39, 0.29) is 30.5 Å². The van der Waals surface area contributed by atoms with Crippen LogP contribution in [0.5, 0.6) is 0 Å². The first-order valence-corrected chi connectivity index (χ1v) is 3.32. The minimum atomic E-state index is -0.898. The van der Waals surface area contributed by atoms with E-state index in [9.17, 15) is 8.78 Å². The number of pyridine rings is 1. The minimum absolute atomic E-state index is 0. The van der Waals surface area contributed by atoms with Crippen LogP contribution in [0.3, 0.4) is 0 Å². The molecule has 1 rings (SSSR count). The van der Waals surface area contributed by atoms with E-state index in [1.165, 1.54) is 0 Å². The second-order valence-electron chi connectivity index (χ2n) is 2.31. The summed E-state index contributed by atoms with van der Waals surface area (Å²) in [4.78, 5) is 3.41. The fourth-order valence-electron chi connectivity index (χ4n) is 0.784. The predicted octanol–water partition coefficient (Wildman–Crippen LogP) is 1.20. The molecule has 7 heteroatoms. The summed E-state index contributed by atoms with van der Waals surface area (Å²) in [6, 6.07) is -0.219. The molecule has 0 amide bonds. The summed E-state index contributed by atoms with van der Waals surface area (Å²) < 4.78 is 25.1. The Bertz CT molecular complexity index is 288. The molecule has 0 fully saturated rings. The number of nitrogens with two attached hydrogens (primary N) is 1. The van der Waals surface area contributed by atoms with Crippen LogP contribution in [0.15, 0.2) is 12.3 Å². The number of aliphatic hydroxyl groups excluding tert-OH is 1. The zero-order chi connectivity index (χ0) is 9.14. The van der Waals surface area contributed by atoms with Gasteiger partial charge in [0.1, 0.15) is 11.6 Å². The summed E-state index contributed by atoms with van der Waals surface area (Å²) in [6.07, 6.45) is 0.855. The highest BCUT2D eigenvalue weighted by Gasteiger charge is 2.12. The number of halogens is 4. The van der Waals surface area contributed by atoms with E-state index in [1.54, 1.807) is 0 Å². The normalized spacial score (nSPS) is 11.1. The van der Waals surface area contributed by atoms with Crippen molar-refractivity contribution in [1.82, 2.24) is 4.98 Å². The van der Waals surface area contributed by atoms with Crippen LogP contribution in [0.1, 0.15) is 11.7 Å². The molecule has 1 aromatic heterocycles. The van der Waals surface area contributed by atoms with E-state index in [0.29, 0.717) is 6.07 Å². The quantitative estimate of drug-likeness (QED) is 0.825. The van der Waals surface area contributed by atoms with Crippen LogP contribution < -0.4 is 5.73 Å². The zero-order valence-corrected chi connectivity index (χ0v) is 8.62. The molecule has 82 valence electrons. The van der Waals surface area contributed by atoms with Gasteiger partial charge in [0.2, 0.25) is 0 Å². The second-order valence-corrected chi connectivity index (χ2v) is 2.31. The third-order valence-corrected chi connectivity index (χ3v) is 1.38. The number of aliphatic hydroxyl groups is 1. The fourth-order valence-corrected chi connectivity index (χ4v) is 0.784. The molecule has 14 heavy (non-hydrogen) atoms. The van der Waals surface area contributed by atoms with E-state index in [1.807, 2.05) is 0 Å². The van der Waals surface area contributed by atoms with Crippen LogP contribution >= 0.6 is 24.8 Å². The van der Waals surface area contributed by atoms with E-state index < -0.39 is 24.3 Å². The average Bonchev–Trinajstić information content (AvgIpc) is 2.03. The summed E-state index contributed by atoms with van der Waals surface area (Å²) in [5.41, 5.74) is 5.14. The van der Waals surface area contributed by atoms with Crippen molar-refractivity contribution < 1.29 is 13.9 Å². The Morgan fingerprint density at radius 3 is 2.43 bits per heavy atom. The lowest BCUT2D eigenvalue weighted by Crippen LogP contribution is -2.17. The van der Waals surface area contributed by atoms with Crippen LogP contribution in [-0.4, -0.2) is 16.7 Å². The standard InChI is InChI=1S/C7H8F2N2O.2ClH/c8-4-1-5(9)7(11-2-4)6(10)3-12;;/h1-2,6,12H,3,10H2;2*1H. The van der Waals surface area contributed by atoms with E-state index in [4.69, 9.17) is 10.8 Å². The molecule has 0 aliphatic carbocycles. The molecule has 1 aromatic rings. The summed E-state index contributed by atoms with van der Waals surface area (Å²) in [6.45, 7) is -0.421. The molecular weight excluding hydrogens is 237 g/mol. The highest BCUT2D eigenvalue weighted by atomic mass is 35.5. The fraction of sp³-hybridized carbons (Fsp3) is 0.286. The van der Waals surface area contributed by atoms with Gasteiger partial charge in [-0.25, -0.2) is 8.78 Å². The second kappa shape index (κ2) is 6.89. The topological polar surface area (TPSA) is 59.1 Å². The smallest absolute Gasteiger partial charge is 0.149 e. The van der Waals surface area contributed by atoms with Crippen molar-refractivity contribution in [3.8, 4) is 0 Å². The van der Waals surface area contributed by atoms with E-state index >= 15 is 0 Å². The van der Waals surface area contributed by atoms with Crippen molar-refractivity contribution >= 4 is 24.8 Å². The van der Waals surface area contributed by atoms with Crippen molar-refractivity contribution in [2.45, 2.75) is 6.04 Å². The first kappa shape index (κ1) is 16.0. The van der Waals surface area contributed by atoms with Crippen LogP contribution in [0.2, 0.25) is 0 Å². The maximum atomic E-state index is 12.8. The van der Waals surface area contributed by atoms with Gasteiger partial charge in [-0.05, 0) is 0 Å². The first-order chi connectivity index (χ1) is 5.65. The van der Waals surface area contributed by atoms with E-state index in [0.717, 1.165) is 6.20 Å². The first-order valence-electron chi connectivity index (χ1n) is 3.32. The lowest BCUT2D eigenvalue weighted by Gasteiger charge is -2.07. The van der Waals surface area contributed by atoms with Crippen LogP contribution in [0.4, 0.5) is 8.78 Å². The summed E-state index contributed by atoms with van der Waals surface area (Å²) in [5, 5.41) is 8.56. The van der Waals surface area contributed by atoms with Crippen molar-refractivity contribution in [2.75, 3.05) is 6.61 Å². The van der Waals surface area contributed by atoms with Gasteiger partial charge in [-0.2, -0.15) is 0 Å². The molecule has 0 aliphatic rings. The van der Waals surface area contributed by atoms with Crippen molar-refractivity contribution in [2.24, 2.45) is 5.73 Å². The lowest BCUT2D eigenvalue weighted by atomic mass is 10.2. The molecule has 0 bridgehead atoms. The Kier molecular flexibility index (Phi) is 7.85. The summed E-state index contributed by atoms with van der Waals surface area (Å²) in [5.74, 6) is -1.60. The molecule has 0 saturated heterocycles. The number of nitrogens with zero attached hydrogens (tertiary/aromatic N) is 1. The van der Waals surface area contributed by atoms with Gasteiger partial charge >= 0.3 is 0 Å². The Labute approximate surface area is 92.2 Å².